The SMILES string of the molecule is CCCN1CCC(c2ccc3[nH]c(-c4cc(-c5ccncc5)c(=O)n(C)c4)c(C(C)C)c3c2)CC1. The number of aryl methyl sites for hydroxylation is 1. The largest absolute Gasteiger partial charge is 0.354 e. The van der Waals surface area contributed by atoms with Crippen molar-refractivity contribution in [2.45, 2.75) is 51.9 Å². The Hall–Kier alpha value is -3.18. The van der Waals surface area contributed by atoms with Gasteiger partial charge in [0.2, 0.25) is 0 Å². The standard InChI is InChI=1S/C30H36N4O/c1-5-14-34-15-10-21(11-16-34)23-6-7-27-26(17-23)28(20(2)3)29(32-27)24-18-25(30(35)33(4)19-24)22-8-12-31-13-9-22/h6-9,12-13,17-21,32H,5,10-11,14-16H2,1-4H3. The number of rotatable bonds is 6. The molecule has 1 aliphatic rings. The number of fused-ring (bicyclic) bond motifs is 1. The van der Waals surface area contributed by atoms with E-state index >= 15 is 0 Å². The zero-order valence-corrected chi connectivity index (χ0v) is 21.3. The first kappa shape index (κ1) is 23.6. The Morgan fingerprint density at radius 3 is 2.49 bits per heavy atom. The Morgan fingerprint density at radius 1 is 1.06 bits per heavy atom. The minimum absolute atomic E-state index is 0.00106. The van der Waals surface area contributed by atoms with Crippen LogP contribution in [-0.4, -0.2) is 39.1 Å². The van der Waals surface area contributed by atoms with Gasteiger partial charge < -0.3 is 14.5 Å². The van der Waals surface area contributed by atoms with Crippen LogP contribution in [0.25, 0.3) is 33.3 Å². The van der Waals surface area contributed by atoms with Crippen molar-refractivity contribution in [2.75, 3.05) is 19.6 Å². The van der Waals surface area contributed by atoms with Gasteiger partial charge in [0.25, 0.3) is 5.56 Å². The molecule has 0 saturated carbocycles. The van der Waals surface area contributed by atoms with Gasteiger partial charge in [-0.15, -0.1) is 0 Å². The van der Waals surface area contributed by atoms with Gasteiger partial charge in [-0.1, -0.05) is 26.8 Å². The number of pyridine rings is 2. The number of hydrogen-bond donors (Lipinski definition) is 1. The maximum Gasteiger partial charge on any atom is 0.258 e. The Morgan fingerprint density at radius 2 is 1.80 bits per heavy atom. The third-order valence-corrected chi connectivity index (χ3v) is 7.50. The number of piperidine rings is 1. The number of H-pyrrole nitrogens is 1. The van der Waals surface area contributed by atoms with Crippen LogP contribution in [0.4, 0.5) is 0 Å². The minimum Gasteiger partial charge on any atom is -0.354 e. The second-order valence-corrected chi connectivity index (χ2v) is 10.3. The summed E-state index contributed by atoms with van der Waals surface area (Å²) in [5.74, 6) is 0.976. The van der Waals surface area contributed by atoms with Crippen molar-refractivity contribution in [2.24, 2.45) is 7.05 Å². The van der Waals surface area contributed by atoms with Crippen LogP contribution >= 0.6 is 0 Å². The third kappa shape index (κ3) is 4.57. The molecular formula is C30H36N4O. The summed E-state index contributed by atoms with van der Waals surface area (Å²) in [5, 5.41) is 1.31. The second-order valence-electron chi connectivity index (χ2n) is 10.3. The van der Waals surface area contributed by atoms with Gasteiger partial charge >= 0.3 is 0 Å². The van der Waals surface area contributed by atoms with Gasteiger partial charge in [0.05, 0.1) is 5.69 Å². The van der Waals surface area contributed by atoms with Gasteiger partial charge in [0.1, 0.15) is 0 Å². The van der Waals surface area contributed by atoms with Gasteiger partial charge in [-0.3, -0.25) is 9.78 Å². The molecule has 5 nitrogen and oxygen atoms in total. The lowest BCUT2D eigenvalue weighted by molar-refractivity contribution is 0.213. The summed E-state index contributed by atoms with van der Waals surface area (Å²) in [6, 6.07) is 12.8. The fraction of sp³-hybridized carbons (Fsp3) is 0.400. The van der Waals surface area contributed by atoms with Crippen LogP contribution in [0.2, 0.25) is 0 Å². The molecule has 3 aromatic heterocycles. The number of nitrogens with one attached hydrogen (secondary N) is 1. The fourth-order valence-electron chi connectivity index (χ4n) is 5.70. The molecular weight excluding hydrogens is 432 g/mol. The lowest BCUT2D eigenvalue weighted by Crippen LogP contribution is -2.33. The highest BCUT2D eigenvalue weighted by molar-refractivity contribution is 5.92. The highest BCUT2D eigenvalue weighted by Crippen LogP contribution is 2.38. The summed E-state index contributed by atoms with van der Waals surface area (Å²) in [5.41, 5.74) is 7.67. The summed E-state index contributed by atoms with van der Waals surface area (Å²) >= 11 is 0. The molecule has 0 amide bonds. The van der Waals surface area contributed by atoms with E-state index in [4.69, 9.17) is 0 Å². The van der Waals surface area contributed by atoms with E-state index in [9.17, 15) is 4.79 Å². The first-order chi connectivity index (χ1) is 17.0. The maximum atomic E-state index is 13.0. The molecule has 1 saturated heterocycles. The predicted molar refractivity (Wildman–Crippen MR) is 145 cm³/mol. The van der Waals surface area contributed by atoms with Crippen molar-refractivity contribution in [1.29, 1.82) is 0 Å². The molecule has 182 valence electrons. The molecule has 4 heterocycles. The number of aromatic amines is 1. The zero-order valence-electron chi connectivity index (χ0n) is 21.3. The Kier molecular flexibility index (Phi) is 6.61. The van der Waals surface area contributed by atoms with Crippen molar-refractivity contribution >= 4 is 10.9 Å². The molecule has 5 heteroatoms. The minimum atomic E-state index is -0.00106. The van der Waals surface area contributed by atoms with Crippen LogP contribution in [0, 0.1) is 0 Å². The van der Waals surface area contributed by atoms with Crippen molar-refractivity contribution in [3.8, 4) is 22.4 Å². The van der Waals surface area contributed by atoms with Gasteiger partial charge in [-0.25, -0.2) is 0 Å². The maximum absolute atomic E-state index is 13.0. The molecule has 1 aromatic carbocycles. The van der Waals surface area contributed by atoms with E-state index in [1.54, 1.807) is 17.0 Å². The van der Waals surface area contributed by atoms with Gasteiger partial charge in [-0.05, 0) is 97.8 Å². The third-order valence-electron chi connectivity index (χ3n) is 7.50. The van der Waals surface area contributed by atoms with Crippen LogP contribution in [-0.2, 0) is 7.05 Å². The van der Waals surface area contributed by atoms with Crippen molar-refractivity contribution in [3.63, 3.8) is 0 Å². The summed E-state index contributed by atoms with van der Waals surface area (Å²) < 4.78 is 1.69. The second kappa shape index (κ2) is 9.82. The highest BCUT2D eigenvalue weighted by atomic mass is 16.1. The van der Waals surface area contributed by atoms with E-state index in [0.29, 0.717) is 17.4 Å². The molecule has 0 unspecified atom stereocenters. The summed E-state index contributed by atoms with van der Waals surface area (Å²) in [4.78, 5) is 23.4. The lowest BCUT2D eigenvalue weighted by atomic mass is 9.87. The summed E-state index contributed by atoms with van der Waals surface area (Å²) in [6.45, 7) is 10.4. The van der Waals surface area contributed by atoms with E-state index in [1.165, 1.54) is 55.4 Å². The monoisotopic (exact) mass is 468 g/mol. The van der Waals surface area contributed by atoms with E-state index in [0.717, 1.165) is 22.3 Å². The van der Waals surface area contributed by atoms with Crippen LogP contribution in [0.1, 0.15) is 63.0 Å². The molecule has 0 bridgehead atoms. The number of nitrogens with zero attached hydrogens (tertiary/aromatic N) is 3. The predicted octanol–water partition coefficient (Wildman–Crippen LogP) is 6.31. The van der Waals surface area contributed by atoms with Crippen LogP contribution < -0.4 is 5.56 Å². The molecule has 1 fully saturated rings. The van der Waals surface area contributed by atoms with Crippen LogP contribution in [0.15, 0.2) is 59.8 Å². The molecule has 0 radical (unpaired) electrons. The normalized spacial score (nSPS) is 15.3. The molecule has 1 aliphatic heterocycles. The average molecular weight is 469 g/mol. The zero-order chi connectivity index (χ0) is 24.5. The topological polar surface area (TPSA) is 53.9 Å². The van der Waals surface area contributed by atoms with E-state index in [-0.39, 0.29) is 5.56 Å². The fourth-order valence-corrected chi connectivity index (χ4v) is 5.70. The average Bonchev–Trinajstić information content (AvgIpc) is 3.26. The smallest absolute Gasteiger partial charge is 0.258 e. The molecule has 1 N–H and O–H groups in total. The van der Waals surface area contributed by atoms with E-state index in [1.807, 2.05) is 31.4 Å². The molecule has 5 rings (SSSR count). The Labute approximate surface area is 207 Å². The molecule has 0 atom stereocenters. The lowest BCUT2D eigenvalue weighted by Gasteiger charge is -2.32. The van der Waals surface area contributed by atoms with Crippen molar-refractivity contribution in [3.05, 3.63) is 76.5 Å². The molecule has 35 heavy (non-hydrogen) atoms. The number of likely N-dealkylation sites (tertiary alicyclic amines) is 1. The van der Waals surface area contributed by atoms with Gasteiger partial charge in [0.15, 0.2) is 0 Å². The molecule has 0 spiro atoms. The van der Waals surface area contributed by atoms with E-state index < -0.39 is 0 Å². The van der Waals surface area contributed by atoms with Crippen LogP contribution in [0.5, 0.6) is 0 Å². The van der Waals surface area contributed by atoms with Gasteiger partial charge in [-0.2, -0.15) is 0 Å². The highest BCUT2D eigenvalue weighted by Gasteiger charge is 2.23. The number of benzene rings is 1. The van der Waals surface area contributed by atoms with Crippen molar-refractivity contribution < 1.29 is 0 Å². The summed E-state index contributed by atoms with van der Waals surface area (Å²) in [7, 11) is 1.83. The number of hydrogen-bond acceptors (Lipinski definition) is 3. The van der Waals surface area contributed by atoms with Crippen molar-refractivity contribution in [1.82, 2.24) is 19.4 Å². The van der Waals surface area contributed by atoms with E-state index in [2.05, 4.69) is 53.8 Å². The molecule has 4 aromatic rings. The summed E-state index contributed by atoms with van der Waals surface area (Å²) in [6.07, 6.45) is 9.12. The quantitative estimate of drug-likeness (QED) is 0.361. The first-order valence-corrected chi connectivity index (χ1v) is 13.0. The number of aromatic nitrogens is 3. The Bertz CT molecular complexity index is 1380. The van der Waals surface area contributed by atoms with Crippen LogP contribution in [0.3, 0.4) is 0 Å². The van der Waals surface area contributed by atoms with Gasteiger partial charge in [0, 0.05) is 47.7 Å². The molecule has 0 aliphatic carbocycles. The first-order valence-electron chi connectivity index (χ1n) is 13.0. The Balaban J connectivity index is 1.57.